The summed E-state index contributed by atoms with van der Waals surface area (Å²) in [6.45, 7) is 6.06. The lowest BCUT2D eigenvalue weighted by molar-refractivity contribution is -0.148. The molecular weight excluding hydrogens is 312 g/mol. The fraction of sp³-hybridized carbons (Fsp3) is 0.647. The normalized spacial score (nSPS) is 14.5. The number of rotatable bonds is 9. The molecule has 0 aliphatic carbocycles. The van der Waals surface area contributed by atoms with Crippen LogP contribution in [0.25, 0.3) is 0 Å². The number of aromatic nitrogens is 1. The van der Waals surface area contributed by atoms with E-state index in [2.05, 4.69) is 10.3 Å². The van der Waals surface area contributed by atoms with Crippen LogP contribution in [0.15, 0.2) is 18.3 Å². The molecule has 0 amide bonds. The van der Waals surface area contributed by atoms with Crippen LogP contribution >= 0.6 is 0 Å². The fourth-order valence-electron chi connectivity index (χ4n) is 2.62. The van der Waals surface area contributed by atoms with E-state index in [1.165, 1.54) is 21.3 Å². The molecule has 1 aromatic heterocycles. The molecule has 0 aromatic carbocycles. The van der Waals surface area contributed by atoms with E-state index in [1.54, 1.807) is 12.3 Å². The molecule has 0 fully saturated rings. The van der Waals surface area contributed by atoms with Gasteiger partial charge in [-0.2, -0.15) is 0 Å². The smallest absolute Gasteiger partial charge is 0.308 e. The molecule has 7 heteroatoms. The summed E-state index contributed by atoms with van der Waals surface area (Å²) < 4.78 is 15.4. The molecular formula is C17H28N2O5. The Balaban J connectivity index is 3.15. The molecule has 1 heterocycles. The SMILES string of the molecule is COc1ccc([C@@H](NCC(OC)OC)C(C(=O)O)C(C)(C)C)cn1. The predicted octanol–water partition coefficient (Wildman–Crippen LogP) is 2.09. The number of pyridine rings is 1. The summed E-state index contributed by atoms with van der Waals surface area (Å²) in [6, 6.07) is 3.09. The van der Waals surface area contributed by atoms with Crippen LogP contribution < -0.4 is 10.1 Å². The van der Waals surface area contributed by atoms with Gasteiger partial charge in [-0.15, -0.1) is 0 Å². The van der Waals surface area contributed by atoms with Crippen LogP contribution in [0, 0.1) is 11.3 Å². The third-order valence-electron chi connectivity index (χ3n) is 3.89. The van der Waals surface area contributed by atoms with E-state index in [4.69, 9.17) is 14.2 Å². The minimum atomic E-state index is -0.873. The quantitative estimate of drug-likeness (QED) is 0.665. The zero-order valence-electron chi connectivity index (χ0n) is 15.2. The molecule has 0 aliphatic rings. The molecule has 136 valence electrons. The van der Waals surface area contributed by atoms with Crippen molar-refractivity contribution in [3.63, 3.8) is 0 Å². The van der Waals surface area contributed by atoms with Crippen LogP contribution in [0.2, 0.25) is 0 Å². The zero-order chi connectivity index (χ0) is 18.3. The summed E-state index contributed by atoms with van der Waals surface area (Å²) in [5.41, 5.74) is 0.308. The van der Waals surface area contributed by atoms with Gasteiger partial charge in [0.15, 0.2) is 6.29 Å². The number of nitrogens with zero attached hydrogens (tertiary/aromatic N) is 1. The first-order valence-electron chi connectivity index (χ1n) is 7.76. The van der Waals surface area contributed by atoms with E-state index < -0.39 is 29.6 Å². The maximum absolute atomic E-state index is 11.9. The summed E-state index contributed by atoms with van der Waals surface area (Å²) in [7, 11) is 4.62. The van der Waals surface area contributed by atoms with E-state index >= 15 is 0 Å². The van der Waals surface area contributed by atoms with Gasteiger partial charge in [-0.05, 0) is 11.0 Å². The summed E-state index contributed by atoms with van der Waals surface area (Å²) in [6.07, 6.45) is 1.17. The number of nitrogens with one attached hydrogen (secondary N) is 1. The Labute approximate surface area is 143 Å². The molecule has 0 bridgehead atoms. The third-order valence-corrected chi connectivity index (χ3v) is 3.89. The Morgan fingerprint density at radius 1 is 1.25 bits per heavy atom. The van der Waals surface area contributed by atoms with Crippen molar-refractivity contribution in [3.8, 4) is 5.88 Å². The van der Waals surface area contributed by atoms with Crippen LogP contribution in [0.1, 0.15) is 32.4 Å². The number of carbonyl (C=O) groups is 1. The number of hydrogen-bond donors (Lipinski definition) is 2. The van der Waals surface area contributed by atoms with Crippen molar-refractivity contribution in [2.75, 3.05) is 27.9 Å². The predicted molar refractivity (Wildman–Crippen MR) is 89.9 cm³/mol. The maximum Gasteiger partial charge on any atom is 0.308 e. The minimum Gasteiger partial charge on any atom is -0.481 e. The van der Waals surface area contributed by atoms with E-state index in [1.807, 2.05) is 26.8 Å². The van der Waals surface area contributed by atoms with Crippen molar-refractivity contribution in [3.05, 3.63) is 23.9 Å². The minimum absolute atomic E-state index is 0.351. The largest absolute Gasteiger partial charge is 0.481 e. The second-order valence-electron chi connectivity index (χ2n) is 6.60. The van der Waals surface area contributed by atoms with Gasteiger partial charge in [-0.1, -0.05) is 26.8 Å². The van der Waals surface area contributed by atoms with E-state index in [0.29, 0.717) is 12.4 Å². The first-order valence-corrected chi connectivity index (χ1v) is 7.76. The standard InChI is InChI=1S/C17H28N2O5/c1-17(2,3)14(16(20)21)15(19-10-13(23-5)24-6)11-7-8-12(22-4)18-9-11/h7-9,13-15,19H,10H2,1-6H3,(H,20,21)/t14?,15-/m1/s1. The second-order valence-corrected chi connectivity index (χ2v) is 6.60. The van der Waals surface area contributed by atoms with Gasteiger partial charge in [0.2, 0.25) is 5.88 Å². The molecule has 0 saturated carbocycles. The average molecular weight is 340 g/mol. The second kappa shape index (κ2) is 8.96. The van der Waals surface area contributed by atoms with Crippen LogP contribution in [-0.2, 0) is 14.3 Å². The summed E-state index contributed by atoms with van der Waals surface area (Å²) in [5.74, 6) is -1.06. The van der Waals surface area contributed by atoms with Crippen molar-refractivity contribution < 1.29 is 24.1 Å². The Bertz CT molecular complexity index is 509. The molecule has 0 saturated heterocycles. The first-order chi connectivity index (χ1) is 11.2. The van der Waals surface area contributed by atoms with Crippen molar-refractivity contribution in [2.24, 2.45) is 11.3 Å². The summed E-state index contributed by atoms with van der Waals surface area (Å²) in [5, 5.41) is 13.0. The molecule has 0 aliphatic heterocycles. The molecule has 7 nitrogen and oxygen atoms in total. The van der Waals surface area contributed by atoms with Gasteiger partial charge in [0.05, 0.1) is 13.0 Å². The average Bonchev–Trinajstić information content (AvgIpc) is 2.53. The highest BCUT2D eigenvalue weighted by Gasteiger charge is 2.39. The maximum atomic E-state index is 11.9. The van der Waals surface area contributed by atoms with Crippen molar-refractivity contribution in [1.82, 2.24) is 10.3 Å². The lowest BCUT2D eigenvalue weighted by Crippen LogP contribution is -2.43. The summed E-state index contributed by atoms with van der Waals surface area (Å²) >= 11 is 0. The van der Waals surface area contributed by atoms with Gasteiger partial charge in [0.25, 0.3) is 0 Å². The number of carboxylic acid groups (broad SMARTS) is 1. The monoisotopic (exact) mass is 340 g/mol. The van der Waals surface area contributed by atoms with E-state index in [0.717, 1.165) is 5.56 Å². The molecule has 24 heavy (non-hydrogen) atoms. The molecule has 0 spiro atoms. The molecule has 0 radical (unpaired) electrons. The number of hydrogen-bond acceptors (Lipinski definition) is 6. The Morgan fingerprint density at radius 3 is 2.25 bits per heavy atom. The van der Waals surface area contributed by atoms with Crippen LogP contribution in [0.4, 0.5) is 0 Å². The molecule has 1 aromatic rings. The first kappa shape index (κ1) is 20.3. The number of aliphatic carboxylic acids is 1. The Kier molecular flexibility index (Phi) is 7.59. The highest BCUT2D eigenvalue weighted by Crippen LogP contribution is 2.36. The van der Waals surface area contributed by atoms with Crippen molar-refractivity contribution in [1.29, 1.82) is 0 Å². The third kappa shape index (κ3) is 5.43. The Hall–Kier alpha value is -1.70. The topological polar surface area (TPSA) is 89.9 Å². The lowest BCUT2D eigenvalue weighted by atomic mass is 9.74. The van der Waals surface area contributed by atoms with Crippen LogP contribution in [-0.4, -0.2) is 50.2 Å². The molecule has 2 N–H and O–H groups in total. The molecule has 1 rings (SSSR count). The number of carboxylic acids is 1. The number of ether oxygens (including phenoxy) is 3. The molecule has 2 atom stereocenters. The van der Waals surface area contributed by atoms with Gasteiger partial charge in [0, 0.05) is 39.1 Å². The number of methoxy groups -OCH3 is 3. The highest BCUT2D eigenvalue weighted by molar-refractivity contribution is 5.72. The van der Waals surface area contributed by atoms with Crippen LogP contribution in [0.3, 0.4) is 0 Å². The van der Waals surface area contributed by atoms with Crippen molar-refractivity contribution >= 4 is 5.97 Å². The summed E-state index contributed by atoms with van der Waals surface area (Å²) in [4.78, 5) is 16.1. The van der Waals surface area contributed by atoms with E-state index in [9.17, 15) is 9.90 Å². The van der Waals surface area contributed by atoms with Gasteiger partial charge in [-0.25, -0.2) is 4.98 Å². The Morgan fingerprint density at radius 2 is 1.88 bits per heavy atom. The van der Waals surface area contributed by atoms with Gasteiger partial charge in [-0.3, -0.25) is 4.79 Å². The van der Waals surface area contributed by atoms with Gasteiger partial charge < -0.3 is 24.6 Å². The fourth-order valence-corrected chi connectivity index (χ4v) is 2.62. The van der Waals surface area contributed by atoms with Gasteiger partial charge in [0.1, 0.15) is 0 Å². The van der Waals surface area contributed by atoms with Gasteiger partial charge >= 0.3 is 5.97 Å². The van der Waals surface area contributed by atoms with E-state index in [-0.39, 0.29) is 0 Å². The highest BCUT2D eigenvalue weighted by atomic mass is 16.7. The van der Waals surface area contributed by atoms with Crippen LogP contribution in [0.5, 0.6) is 5.88 Å². The lowest BCUT2D eigenvalue weighted by Gasteiger charge is -2.35. The van der Waals surface area contributed by atoms with Crippen molar-refractivity contribution in [2.45, 2.75) is 33.1 Å². The molecule has 1 unspecified atom stereocenters. The zero-order valence-corrected chi connectivity index (χ0v) is 15.2.